The van der Waals surface area contributed by atoms with Crippen LogP contribution in [0.2, 0.25) is 0 Å². The van der Waals surface area contributed by atoms with Crippen molar-refractivity contribution in [1.82, 2.24) is 9.97 Å². The van der Waals surface area contributed by atoms with Crippen molar-refractivity contribution in [3.8, 4) is 0 Å². The van der Waals surface area contributed by atoms with Crippen LogP contribution in [0.25, 0.3) is 0 Å². The number of halogens is 4. The minimum Gasteiger partial charge on any atom is -0.322 e. The molecule has 0 bridgehead atoms. The van der Waals surface area contributed by atoms with E-state index < -0.39 is 17.6 Å². The second-order valence-electron chi connectivity index (χ2n) is 3.40. The van der Waals surface area contributed by atoms with Gasteiger partial charge in [-0.05, 0) is 12.1 Å². The summed E-state index contributed by atoms with van der Waals surface area (Å²) in [5, 5.41) is 2.49. The van der Waals surface area contributed by atoms with E-state index in [9.17, 15) is 17.6 Å². The van der Waals surface area contributed by atoms with Crippen LogP contribution < -0.4 is 5.32 Å². The highest BCUT2D eigenvalue weighted by molar-refractivity contribution is 5.53. The molecule has 18 heavy (non-hydrogen) atoms. The number of para-hydroxylation sites is 1. The average Bonchev–Trinajstić information content (AvgIpc) is 2.32. The lowest BCUT2D eigenvalue weighted by Gasteiger charge is -2.08. The largest absolute Gasteiger partial charge is 0.419 e. The van der Waals surface area contributed by atoms with Crippen LogP contribution in [-0.4, -0.2) is 9.97 Å². The first kappa shape index (κ1) is 12.3. The number of alkyl halides is 3. The highest BCUT2D eigenvalue weighted by Crippen LogP contribution is 2.28. The molecule has 1 aromatic heterocycles. The fourth-order valence-corrected chi connectivity index (χ4v) is 1.22. The van der Waals surface area contributed by atoms with Gasteiger partial charge in [-0.2, -0.15) is 13.2 Å². The molecule has 0 amide bonds. The third-order valence-corrected chi connectivity index (χ3v) is 2.10. The molecule has 3 nitrogen and oxygen atoms in total. The van der Waals surface area contributed by atoms with Crippen LogP contribution in [0.1, 0.15) is 5.56 Å². The fraction of sp³-hybridized carbons (Fsp3) is 0.0909. The fourth-order valence-electron chi connectivity index (χ4n) is 1.22. The van der Waals surface area contributed by atoms with E-state index in [1.807, 2.05) is 0 Å². The summed E-state index contributed by atoms with van der Waals surface area (Å²) < 4.78 is 50.0. The Balaban J connectivity index is 2.19. The summed E-state index contributed by atoms with van der Waals surface area (Å²) in [5.41, 5.74) is -0.862. The van der Waals surface area contributed by atoms with Crippen LogP contribution >= 0.6 is 0 Å². The molecule has 0 radical (unpaired) electrons. The predicted molar refractivity (Wildman–Crippen MR) is 56.7 cm³/mol. The van der Waals surface area contributed by atoms with Gasteiger partial charge in [0, 0.05) is 12.4 Å². The Labute approximate surface area is 99.5 Å². The maximum Gasteiger partial charge on any atom is 0.419 e. The minimum absolute atomic E-state index is 0.0947. The van der Waals surface area contributed by atoms with Crippen molar-refractivity contribution < 1.29 is 17.6 Å². The van der Waals surface area contributed by atoms with E-state index in [2.05, 4.69) is 15.3 Å². The number of benzene rings is 1. The van der Waals surface area contributed by atoms with E-state index in [1.54, 1.807) is 6.07 Å². The van der Waals surface area contributed by atoms with Crippen molar-refractivity contribution in [2.45, 2.75) is 6.18 Å². The lowest BCUT2D eigenvalue weighted by atomic mass is 10.3. The molecule has 0 fully saturated rings. The SMILES string of the molecule is Fc1ccccc1Nc1ncc(C(F)(F)F)cn1. The van der Waals surface area contributed by atoms with Crippen LogP contribution in [0, 0.1) is 5.82 Å². The van der Waals surface area contributed by atoms with Gasteiger partial charge in [0.05, 0.1) is 11.3 Å². The summed E-state index contributed by atoms with van der Waals surface area (Å²) in [7, 11) is 0. The molecular weight excluding hydrogens is 250 g/mol. The zero-order valence-electron chi connectivity index (χ0n) is 8.87. The first-order chi connectivity index (χ1) is 8.47. The Morgan fingerprint density at radius 1 is 1.00 bits per heavy atom. The third kappa shape index (κ3) is 2.73. The van der Waals surface area contributed by atoms with Crippen molar-refractivity contribution in [3.05, 3.63) is 48.0 Å². The van der Waals surface area contributed by atoms with Gasteiger partial charge in [0.15, 0.2) is 0 Å². The van der Waals surface area contributed by atoms with Crippen LogP contribution in [0.15, 0.2) is 36.7 Å². The van der Waals surface area contributed by atoms with Gasteiger partial charge in [0.2, 0.25) is 5.95 Å². The van der Waals surface area contributed by atoms with Crippen LogP contribution in [0.3, 0.4) is 0 Å². The smallest absolute Gasteiger partial charge is 0.322 e. The first-order valence-electron chi connectivity index (χ1n) is 4.87. The highest BCUT2D eigenvalue weighted by Gasteiger charge is 2.31. The van der Waals surface area contributed by atoms with E-state index in [1.165, 1.54) is 18.2 Å². The maximum absolute atomic E-state index is 13.2. The Hall–Kier alpha value is -2.18. The number of hydrogen-bond acceptors (Lipinski definition) is 3. The number of hydrogen-bond donors (Lipinski definition) is 1. The molecule has 1 aromatic carbocycles. The highest BCUT2D eigenvalue weighted by atomic mass is 19.4. The van der Waals surface area contributed by atoms with Gasteiger partial charge >= 0.3 is 6.18 Å². The van der Waals surface area contributed by atoms with E-state index in [0.29, 0.717) is 12.4 Å². The molecule has 2 rings (SSSR count). The van der Waals surface area contributed by atoms with Crippen LogP contribution in [-0.2, 0) is 6.18 Å². The topological polar surface area (TPSA) is 37.8 Å². The van der Waals surface area contributed by atoms with Crippen LogP contribution in [0.5, 0.6) is 0 Å². The zero-order chi connectivity index (χ0) is 13.2. The summed E-state index contributed by atoms with van der Waals surface area (Å²) in [6.45, 7) is 0. The Kier molecular flexibility index (Phi) is 3.14. The van der Waals surface area contributed by atoms with Gasteiger partial charge in [-0.25, -0.2) is 14.4 Å². The molecule has 7 heteroatoms. The van der Waals surface area contributed by atoms with Crippen molar-refractivity contribution in [2.24, 2.45) is 0 Å². The molecule has 0 atom stereocenters. The molecule has 0 aliphatic carbocycles. The van der Waals surface area contributed by atoms with Crippen molar-refractivity contribution in [2.75, 3.05) is 5.32 Å². The molecule has 94 valence electrons. The average molecular weight is 257 g/mol. The molecule has 0 saturated heterocycles. The lowest BCUT2D eigenvalue weighted by Crippen LogP contribution is -2.07. The molecule has 0 unspecified atom stereocenters. The zero-order valence-corrected chi connectivity index (χ0v) is 8.87. The number of anilines is 2. The summed E-state index contributed by atoms with van der Waals surface area (Å²) >= 11 is 0. The lowest BCUT2D eigenvalue weighted by molar-refractivity contribution is -0.138. The Morgan fingerprint density at radius 3 is 2.17 bits per heavy atom. The molecule has 1 N–H and O–H groups in total. The molecule has 1 heterocycles. The van der Waals surface area contributed by atoms with Gasteiger partial charge in [-0.15, -0.1) is 0 Å². The Bertz CT molecular complexity index is 537. The second kappa shape index (κ2) is 4.59. The van der Waals surface area contributed by atoms with E-state index >= 15 is 0 Å². The van der Waals surface area contributed by atoms with Crippen molar-refractivity contribution >= 4 is 11.6 Å². The standard InChI is InChI=1S/C11H7F4N3/c12-8-3-1-2-4-9(8)18-10-16-5-7(6-17-10)11(13,14)15/h1-6H,(H,16,17,18). The Morgan fingerprint density at radius 2 is 1.61 bits per heavy atom. The van der Waals surface area contributed by atoms with Crippen LogP contribution in [0.4, 0.5) is 29.2 Å². The molecule has 0 spiro atoms. The minimum atomic E-state index is -4.49. The summed E-state index contributed by atoms with van der Waals surface area (Å²) in [5.74, 6) is -0.644. The third-order valence-electron chi connectivity index (χ3n) is 2.10. The quantitative estimate of drug-likeness (QED) is 0.838. The summed E-state index contributed by atoms with van der Waals surface area (Å²) in [4.78, 5) is 6.95. The van der Waals surface area contributed by atoms with Gasteiger partial charge < -0.3 is 5.32 Å². The van der Waals surface area contributed by atoms with Gasteiger partial charge in [0.1, 0.15) is 5.82 Å². The monoisotopic (exact) mass is 257 g/mol. The predicted octanol–water partition coefficient (Wildman–Crippen LogP) is 3.38. The molecular formula is C11H7F4N3. The number of nitrogens with zero attached hydrogens (tertiary/aromatic N) is 2. The maximum atomic E-state index is 13.2. The normalized spacial score (nSPS) is 11.3. The number of aromatic nitrogens is 2. The molecule has 0 aliphatic heterocycles. The molecule has 0 saturated carbocycles. The van der Waals surface area contributed by atoms with Gasteiger partial charge in [-0.1, -0.05) is 12.1 Å². The second-order valence-corrected chi connectivity index (χ2v) is 3.40. The van der Waals surface area contributed by atoms with E-state index in [4.69, 9.17) is 0 Å². The van der Waals surface area contributed by atoms with Gasteiger partial charge in [-0.3, -0.25) is 0 Å². The summed E-state index contributed by atoms with van der Waals surface area (Å²) in [6.07, 6.45) is -3.22. The first-order valence-corrected chi connectivity index (χ1v) is 4.87. The number of rotatable bonds is 2. The van der Waals surface area contributed by atoms with Gasteiger partial charge in [0.25, 0.3) is 0 Å². The van der Waals surface area contributed by atoms with Crippen molar-refractivity contribution in [3.63, 3.8) is 0 Å². The molecule has 0 aliphatic rings. The molecule has 2 aromatic rings. The van der Waals surface area contributed by atoms with Crippen molar-refractivity contribution in [1.29, 1.82) is 0 Å². The van der Waals surface area contributed by atoms with E-state index in [-0.39, 0.29) is 11.6 Å². The van der Waals surface area contributed by atoms with E-state index in [0.717, 1.165) is 0 Å². The summed E-state index contributed by atoms with van der Waals surface area (Å²) in [6, 6.07) is 5.71. The number of nitrogens with one attached hydrogen (secondary N) is 1.